The van der Waals surface area contributed by atoms with E-state index in [1.54, 1.807) is 0 Å². The SMILES string of the molecule is Cc1ccccc1Nc1nc(N)nc(CN2CCN(C(=O)C(C)C)CC2)n1. The number of piperazine rings is 1. The predicted molar refractivity (Wildman–Crippen MR) is 105 cm³/mol. The summed E-state index contributed by atoms with van der Waals surface area (Å²) in [5.74, 6) is 1.52. The number of carbonyl (C=O) groups is 1. The van der Waals surface area contributed by atoms with Gasteiger partial charge in [0.25, 0.3) is 0 Å². The summed E-state index contributed by atoms with van der Waals surface area (Å²) in [7, 11) is 0. The number of benzene rings is 1. The van der Waals surface area contributed by atoms with Gasteiger partial charge in [-0.1, -0.05) is 32.0 Å². The molecule has 2 heterocycles. The number of hydrogen-bond donors (Lipinski definition) is 2. The van der Waals surface area contributed by atoms with Gasteiger partial charge in [-0.05, 0) is 18.6 Å². The molecule has 0 saturated carbocycles. The van der Waals surface area contributed by atoms with E-state index < -0.39 is 0 Å². The molecule has 1 aliphatic heterocycles. The van der Waals surface area contributed by atoms with E-state index >= 15 is 0 Å². The van der Waals surface area contributed by atoms with Gasteiger partial charge in [-0.2, -0.15) is 15.0 Å². The molecule has 0 atom stereocenters. The van der Waals surface area contributed by atoms with E-state index in [1.165, 1.54) is 0 Å². The lowest BCUT2D eigenvalue weighted by Gasteiger charge is -2.35. The molecular formula is C19H27N7O. The van der Waals surface area contributed by atoms with Gasteiger partial charge in [0.05, 0.1) is 6.54 Å². The van der Waals surface area contributed by atoms with Crippen LogP contribution in [-0.4, -0.2) is 56.8 Å². The van der Waals surface area contributed by atoms with Crippen molar-refractivity contribution < 1.29 is 4.79 Å². The average Bonchev–Trinajstić information content (AvgIpc) is 2.63. The minimum absolute atomic E-state index is 0.0370. The average molecular weight is 369 g/mol. The highest BCUT2D eigenvalue weighted by molar-refractivity contribution is 5.78. The van der Waals surface area contributed by atoms with Crippen molar-refractivity contribution in [3.05, 3.63) is 35.7 Å². The first-order valence-electron chi connectivity index (χ1n) is 9.26. The van der Waals surface area contributed by atoms with Crippen molar-refractivity contribution >= 4 is 23.5 Å². The van der Waals surface area contributed by atoms with Crippen LogP contribution in [0.25, 0.3) is 0 Å². The highest BCUT2D eigenvalue weighted by Crippen LogP contribution is 2.18. The molecule has 8 heteroatoms. The monoisotopic (exact) mass is 369 g/mol. The standard InChI is InChI=1S/C19H27N7O/c1-13(2)17(27)26-10-8-25(9-11-26)12-16-22-18(20)24-19(23-16)21-15-7-5-4-6-14(15)3/h4-7,13H,8-12H2,1-3H3,(H3,20,21,22,23,24). The lowest BCUT2D eigenvalue weighted by molar-refractivity contribution is -0.136. The predicted octanol–water partition coefficient (Wildman–Crippen LogP) is 1.81. The molecule has 1 amide bonds. The second-order valence-corrected chi connectivity index (χ2v) is 7.13. The summed E-state index contributed by atoms with van der Waals surface area (Å²) in [5.41, 5.74) is 7.92. The number of anilines is 3. The van der Waals surface area contributed by atoms with Crippen LogP contribution >= 0.6 is 0 Å². The Bertz CT molecular complexity index is 800. The van der Waals surface area contributed by atoms with Crippen molar-refractivity contribution in [2.45, 2.75) is 27.3 Å². The zero-order chi connectivity index (χ0) is 19.4. The van der Waals surface area contributed by atoms with Crippen molar-refractivity contribution in [3.8, 4) is 0 Å². The molecular weight excluding hydrogens is 342 g/mol. The molecule has 0 aliphatic carbocycles. The van der Waals surface area contributed by atoms with Crippen molar-refractivity contribution in [1.29, 1.82) is 0 Å². The molecule has 1 aromatic heterocycles. The summed E-state index contributed by atoms with van der Waals surface area (Å²) < 4.78 is 0. The fourth-order valence-electron chi connectivity index (χ4n) is 3.09. The quantitative estimate of drug-likeness (QED) is 0.829. The molecule has 3 rings (SSSR count). The number of nitrogens with two attached hydrogens (primary N) is 1. The van der Waals surface area contributed by atoms with Crippen LogP contribution in [0.1, 0.15) is 25.2 Å². The smallest absolute Gasteiger partial charge is 0.232 e. The first-order valence-corrected chi connectivity index (χ1v) is 9.26. The summed E-state index contributed by atoms with van der Waals surface area (Å²) in [6.45, 7) is 9.52. The highest BCUT2D eigenvalue weighted by atomic mass is 16.2. The third-order valence-corrected chi connectivity index (χ3v) is 4.63. The molecule has 144 valence electrons. The van der Waals surface area contributed by atoms with Gasteiger partial charge in [-0.25, -0.2) is 0 Å². The van der Waals surface area contributed by atoms with Gasteiger partial charge >= 0.3 is 0 Å². The van der Waals surface area contributed by atoms with Crippen LogP contribution in [0, 0.1) is 12.8 Å². The molecule has 3 N–H and O–H groups in total. The van der Waals surface area contributed by atoms with Crippen molar-refractivity contribution in [2.24, 2.45) is 5.92 Å². The van der Waals surface area contributed by atoms with E-state index in [9.17, 15) is 4.79 Å². The summed E-state index contributed by atoms with van der Waals surface area (Å²) in [5, 5.41) is 3.21. The Kier molecular flexibility index (Phi) is 5.85. The fourth-order valence-corrected chi connectivity index (χ4v) is 3.09. The third-order valence-electron chi connectivity index (χ3n) is 4.63. The number of aromatic nitrogens is 3. The molecule has 0 spiro atoms. The van der Waals surface area contributed by atoms with E-state index in [1.807, 2.05) is 49.9 Å². The summed E-state index contributed by atoms with van der Waals surface area (Å²) >= 11 is 0. The minimum Gasteiger partial charge on any atom is -0.368 e. The summed E-state index contributed by atoms with van der Waals surface area (Å²) in [4.78, 5) is 29.2. The second-order valence-electron chi connectivity index (χ2n) is 7.13. The molecule has 8 nitrogen and oxygen atoms in total. The zero-order valence-electron chi connectivity index (χ0n) is 16.1. The Balaban J connectivity index is 1.64. The summed E-state index contributed by atoms with van der Waals surface area (Å²) in [6.07, 6.45) is 0. The highest BCUT2D eigenvalue weighted by Gasteiger charge is 2.23. The van der Waals surface area contributed by atoms with Gasteiger partial charge in [0.2, 0.25) is 17.8 Å². The molecule has 27 heavy (non-hydrogen) atoms. The van der Waals surface area contributed by atoms with Gasteiger partial charge in [0.1, 0.15) is 5.82 Å². The largest absolute Gasteiger partial charge is 0.368 e. The molecule has 2 aromatic rings. The van der Waals surface area contributed by atoms with E-state index in [2.05, 4.69) is 25.2 Å². The van der Waals surface area contributed by atoms with Crippen LogP contribution < -0.4 is 11.1 Å². The first-order chi connectivity index (χ1) is 12.9. The minimum atomic E-state index is 0.0370. The van der Waals surface area contributed by atoms with Crippen molar-refractivity contribution in [1.82, 2.24) is 24.8 Å². The maximum absolute atomic E-state index is 12.1. The van der Waals surface area contributed by atoms with Crippen LogP contribution in [0.4, 0.5) is 17.6 Å². The molecule has 1 fully saturated rings. The second kappa shape index (κ2) is 8.30. The Morgan fingerprint density at radius 3 is 2.52 bits per heavy atom. The number of nitrogen functional groups attached to an aromatic ring is 1. The number of amides is 1. The number of carbonyl (C=O) groups excluding carboxylic acids is 1. The molecule has 1 aromatic carbocycles. The van der Waals surface area contributed by atoms with Gasteiger partial charge in [0, 0.05) is 37.8 Å². The number of aryl methyl sites for hydroxylation is 1. The normalized spacial score (nSPS) is 15.2. The number of nitrogens with zero attached hydrogens (tertiary/aromatic N) is 5. The van der Waals surface area contributed by atoms with E-state index in [4.69, 9.17) is 5.73 Å². The molecule has 1 saturated heterocycles. The van der Waals surface area contributed by atoms with Crippen LogP contribution in [0.15, 0.2) is 24.3 Å². The maximum Gasteiger partial charge on any atom is 0.232 e. The molecule has 0 radical (unpaired) electrons. The van der Waals surface area contributed by atoms with Gasteiger partial charge in [-0.15, -0.1) is 0 Å². The van der Waals surface area contributed by atoms with Gasteiger partial charge in [-0.3, -0.25) is 9.69 Å². The van der Waals surface area contributed by atoms with Crippen molar-refractivity contribution in [2.75, 3.05) is 37.2 Å². The first kappa shape index (κ1) is 19.0. The van der Waals surface area contributed by atoms with Crippen LogP contribution in [-0.2, 0) is 11.3 Å². The van der Waals surface area contributed by atoms with Crippen LogP contribution in [0.5, 0.6) is 0 Å². The van der Waals surface area contributed by atoms with Crippen LogP contribution in [0.2, 0.25) is 0 Å². The lowest BCUT2D eigenvalue weighted by Crippen LogP contribution is -2.49. The van der Waals surface area contributed by atoms with E-state index in [0.29, 0.717) is 18.3 Å². The molecule has 0 unspecified atom stereocenters. The third kappa shape index (κ3) is 4.91. The van der Waals surface area contributed by atoms with Gasteiger partial charge in [0.15, 0.2) is 0 Å². The van der Waals surface area contributed by atoms with Gasteiger partial charge < -0.3 is 16.0 Å². The Labute approximate surface area is 159 Å². The number of hydrogen-bond acceptors (Lipinski definition) is 7. The number of para-hydroxylation sites is 1. The Morgan fingerprint density at radius 1 is 1.15 bits per heavy atom. The molecule has 0 bridgehead atoms. The zero-order valence-corrected chi connectivity index (χ0v) is 16.1. The number of rotatable bonds is 5. The van der Waals surface area contributed by atoms with Crippen LogP contribution in [0.3, 0.4) is 0 Å². The fraction of sp³-hybridized carbons (Fsp3) is 0.474. The molecule has 1 aliphatic rings. The number of nitrogens with one attached hydrogen (secondary N) is 1. The Morgan fingerprint density at radius 2 is 1.85 bits per heavy atom. The maximum atomic E-state index is 12.1. The Hall–Kier alpha value is -2.74. The summed E-state index contributed by atoms with van der Waals surface area (Å²) in [6, 6.07) is 7.93. The van der Waals surface area contributed by atoms with E-state index in [0.717, 1.165) is 37.4 Å². The lowest BCUT2D eigenvalue weighted by atomic mass is 10.1. The van der Waals surface area contributed by atoms with E-state index in [-0.39, 0.29) is 17.8 Å². The topological polar surface area (TPSA) is 100 Å². The van der Waals surface area contributed by atoms with Crippen molar-refractivity contribution in [3.63, 3.8) is 0 Å².